The maximum absolute atomic E-state index is 4.23. The van der Waals surface area contributed by atoms with Crippen molar-refractivity contribution in [3.63, 3.8) is 0 Å². The quantitative estimate of drug-likeness (QED) is 0.940. The molecule has 0 aliphatic carbocycles. The van der Waals surface area contributed by atoms with E-state index in [0.29, 0.717) is 0 Å². The average Bonchev–Trinajstić information content (AvgIpc) is 2.75. The Balaban J connectivity index is 2.24. The molecule has 0 unspecified atom stereocenters. The predicted octanol–water partition coefficient (Wildman–Crippen LogP) is 3.39. The van der Waals surface area contributed by atoms with E-state index >= 15 is 0 Å². The van der Waals surface area contributed by atoms with Crippen molar-refractivity contribution in [3.05, 3.63) is 33.2 Å². The smallest absolute Gasteiger partial charge is 0.148 e. The average molecular weight is 312 g/mol. The first-order chi connectivity index (χ1) is 8.20. The lowest BCUT2D eigenvalue weighted by atomic mass is 10.2. The Morgan fingerprint density at radius 3 is 2.88 bits per heavy atom. The van der Waals surface area contributed by atoms with Crippen molar-refractivity contribution < 1.29 is 0 Å². The van der Waals surface area contributed by atoms with Gasteiger partial charge in [-0.15, -0.1) is 10.2 Å². The number of nitrogens with zero attached hydrogens (tertiary/aromatic N) is 2. The van der Waals surface area contributed by atoms with Crippen molar-refractivity contribution in [1.82, 2.24) is 15.5 Å². The molecule has 17 heavy (non-hydrogen) atoms. The third kappa shape index (κ3) is 3.12. The molecule has 0 atom stereocenters. The van der Waals surface area contributed by atoms with Crippen LogP contribution in [-0.4, -0.2) is 16.7 Å². The highest BCUT2D eigenvalue weighted by Crippen LogP contribution is 2.31. The van der Waals surface area contributed by atoms with Gasteiger partial charge in [-0.3, -0.25) is 0 Å². The van der Waals surface area contributed by atoms with Gasteiger partial charge < -0.3 is 5.32 Å². The summed E-state index contributed by atoms with van der Waals surface area (Å²) in [7, 11) is 0. The molecule has 0 radical (unpaired) electrons. The summed E-state index contributed by atoms with van der Waals surface area (Å²) >= 11 is 5.20. The molecule has 1 N–H and O–H groups in total. The fourth-order valence-electron chi connectivity index (χ4n) is 1.46. The molecule has 0 spiro atoms. The first-order valence-corrected chi connectivity index (χ1v) is 7.11. The lowest BCUT2D eigenvalue weighted by Gasteiger charge is -2.00. The van der Waals surface area contributed by atoms with Crippen LogP contribution in [0.25, 0.3) is 10.6 Å². The molecule has 0 aliphatic heterocycles. The van der Waals surface area contributed by atoms with E-state index in [1.807, 2.05) is 0 Å². The predicted molar refractivity (Wildman–Crippen MR) is 75.2 cm³/mol. The van der Waals surface area contributed by atoms with Gasteiger partial charge in [-0.25, -0.2) is 0 Å². The van der Waals surface area contributed by atoms with Gasteiger partial charge in [0.05, 0.1) is 0 Å². The topological polar surface area (TPSA) is 37.8 Å². The standard InChI is InChI=1S/C12H14BrN3S/c1-3-14-7-11-15-16-12(17-11)9-5-4-8(2)6-10(9)13/h4-6,14H,3,7H2,1-2H3. The lowest BCUT2D eigenvalue weighted by molar-refractivity contribution is 0.715. The lowest BCUT2D eigenvalue weighted by Crippen LogP contribution is -2.11. The molecule has 1 heterocycles. The van der Waals surface area contributed by atoms with Gasteiger partial charge in [0, 0.05) is 16.6 Å². The molecule has 3 nitrogen and oxygen atoms in total. The number of aromatic nitrogens is 2. The molecule has 0 aliphatic rings. The Morgan fingerprint density at radius 1 is 1.35 bits per heavy atom. The molecule has 1 aromatic carbocycles. The van der Waals surface area contributed by atoms with Gasteiger partial charge in [0.15, 0.2) is 0 Å². The van der Waals surface area contributed by atoms with Crippen molar-refractivity contribution in [3.8, 4) is 10.6 Å². The van der Waals surface area contributed by atoms with Gasteiger partial charge in [0.25, 0.3) is 0 Å². The summed E-state index contributed by atoms with van der Waals surface area (Å²) in [4.78, 5) is 0. The highest BCUT2D eigenvalue weighted by atomic mass is 79.9. The van der Waals surface area contributed by atoms with Crippen LogP contribution in [0.4, 0.5) is 0 Å². The fourth-order valence-corrected chi connectivity index (χ4v) is 3.12. The summed E-state index contributed by atoms with van der Waals surface area (Å²) in [6, 6.07) is 6.27. The Morgan fingerprint density at radius 2 is 2.18 bits per heavy atom. The van der Waals surface area contributed by atoms with E-state index in [2.05, 4.69) is 63.5 Å². The van der Waals surface area contributed by atoms with Gasteiger partial charge in [0.1, 0.15) is 10.0 Å². The SMILES string of the molecule is CCNCc1nnc(-c2ccc(C)cc2Br)s1. The van der Waals surface area contributed by atoms with E-state index in [1.54, 1.807) is 11.3 Å². The van der Waals surface area contributed by atoms with Crippen molar-refractivity contribution in [2.24, 2.45) is 0 Å². The maximum atomic E-state index is 4.23. The van der Waals surface area contributed by atoms with Crippen LogP contribution in [0.5, 0.6) is 0 Å². The van der Waals surface area contributed by atoms with Crippen molar-refractivity contribution >= 4 is 27.3 Å². The number of nitrogens with one attached hydrogen (secondary N) is 1. The normalized spacial score (nSPS) is 10.8. The summed E-state index contributed by atoms with van der Waals surface area (Å²) in [6.07, 6.45) is 0. The van der Waals surface area contributed by atoms with Crippen molar-refractivity contribution in [2.75, 3.05) is 6.54 Å². The van der Waals surface area contributed by atoms with Crippen LogP contribution in [0, 0.1) is 6.92 Å². The van der Waals surface area contributed by atoms with Crippen LogP contribution in [0.3, 0.4) is 0 Å². The minimum absolute atomic E-state index is 0.789. The van der Waals surface area contributed by atoms with Crippen LogP contribution < -0.4 is 5.32 Å². The molecule has 90 valence electrons. The van der Waals surface area contributed by atoms with Crippen molar-refractivity contribution in [2.45, 2.75) is 20.4 Å². The monoisotopic (exact) mass is 311 g/mol. The first kappa shape index (κ1) is 12.7. The Labute approximate surface area is 113 Å². The Bertz CT molecular complexity index is 510. The summed E-state index contributed by atoms with van der Waals surface area (Å²) in [5.41, 5.74) is 2.34. The highest BCUT2D eigenvalue weighted by molar-refractivity contribution is 9.10. The highest BCUT2D eigenvalue weighted by Gasteiger charge is 2.09. The van der Waals surface area contributed by atoms with Crippen LogP contribution in [0.1, 0.15) is 17.5 Å². The third-order valence-electron chi connectivity index (χ3n) is 2.35. The van der Waals surface area contributed by atoms with E-state index in [1.165, 1.54) is 5.56 Å². The second-order valence-electron chi connectivity index (χ2n) is 3.76. The molecule has 0 amide bonds. The number of halogens is 1. The molecular formula is C12H14BrN3S. The van der Waals surface area contributed by atoms with E-state index in [-0.39, 0.29) is 0 Å². The van der Waals surface area contributed by atoms with Gasteiger partial charge in [-0.05, 0) is 25.1 Å². The van der Waals surface area contributed by atoms with Crippen LogP contribution in [-0.2, 0) is 6.54 Å². The van der Waals surface area contributed by atoms with E-state index < -0.39 is 0 Å². The zero-order valence-corrected chi connectivity index (χ0v) is 12.2. The van der Waals surface area contributed by atoms with Gasteiger partial charge in [-0.1, -0.05) is 46.3 Å². The molecule has 0 fully saturated rings. The number of rotatable bonds is 4. The molecule has 2 rings (SSSR count). The number of aryl methyl sites for hydroxylation is 1. The molecule has 0 saturated carbocycles. The Hall–Kier alpha value is -0.780. The molecule has 0 bridgehead atoms. The zero-order chi connectivity index (χ0) is 12.3. The first-order valence-electron chi connectivity index (χ1n) is 5.50. The summed E-state index contributed by atoms with van der Waals surface area (Å²) in [5, 5.41) is 13.6. The number of hydrogen-bond donors (Lipinski definition) is 1. The number of benzene rings is 1. The van der Waals surface area contributed by atoms with Crippen LogP contribution in [0.15, 0.2) is 22.7 Å². The van der Waals surface area contributed by atoms with Gasteiger partial charge >= 0.3 is 0 Å². The van der Waals surface area contributed by atoms with Gasteiger partial charge in [0.2, 0.25) is 0 Å². The molecular weight excluding hydrogens is 298 g/mol. The van der Waals surface area contributed by atoms with Gasteiger partial charge in [-0.2, -0.15) is 0 Å². The van der Waals surface area contributed by atoms with Crippen LogP contribution >= 0.6 is 27.3 Å². The van der Waals surface area contributed by atoms with Crippen LogP contribution in [0.2, 0.25) is 0 Å². The second-order valence-corrected chi connectivity index (χ2v) is 5.68. The zero-order valence-electron chi connectivity index (χ0n) is 9.83. The largest absolute Gasteiger partial charge is 0.311 e. The minimum Gasteiger partial charge on any atom is -0.311 e. The number of hydrogen-bond acceptors (Lipinski definition) is 4. The molecule has 5 heteroatoms. The molecule has 0 saturated heterocycles. The molecule has 1 aromatic heterocycles. The summed E-state index contributed by atoms with van der Waals surface area (Å²) < 4.78 is 1.07. The second kappa shape index (κ2) is 5.71. The minimum atomic E-state index is 0.789. The summed E-state index contributed by atoms with van der Waals surface area (Å²) in [6.45, 7) is 5.89. The molecule has 2 aromatic rings. The summed E-state index contributed by atoms with van der Waals surface area (Å²) in [5.74, 6) is 0. The van der Waals surface area contributed by atoms with Crippen molar-refractivity contribution in [1.29, 1.82) is 0 Å². The maximum Gasteiger partial charge on any atom is 0.148 e. The Kier molecular flexibility index (Phi) is 4.25. The fraction of sp³-hybridized carbons (Fsp3) is 0.333. The third-order valence-corrected chi connectivity index (χ3v) is 3.96. The van der Waals surface area contributed by atoms with E-state index in [0.717, 1.165) is 33.1 Å². The van der Waals surface area contributed by atoms with E-state index in [9.17, 15) is 0 Å². The van der Waals surface area contributed by atoms with E-state index in [4.69, 9.17) is 0 Å².